The number of nitrogens with one attached hydrogen (secondary N) is 1. The van der Waals surface area contributed by atoms with Crippen LogP contribution >= 0.6 is 0 Å². The largest absolute Gasteiger partial charge is 0.454 e. The van der Waals surface area contributed by atoms with Crippen molar-refractivity contribution >= 4 is 12.0 Å². The molecule has 1 atom stereocenters. The van der Waals surface area contributed by atoms with Crippen LogP contribution < -0.4 is 14.8 Å². The monoisotopic (exact) mass is 334 g/mol. The summed E-state index contributed by atoms with van der Waals surface area (Å²) in [7, 11) is 0. The molecule has 0 saturated heterocycles. The lowest BCUT2D eigenvalue weighted by molar-refractivity contribution is -0.117. The van der Waals surface area contributed by atoms with Gasteiger partial charge in [-0.05, 0) is 43.2 Å². The molecule has 0 spiro atoms. The number of hydrogen-bond donors (Lipinski definition) is 1. The van der Waals surface area contributed by atoms with Crippen LogP contribution in [0.25, 0.3) is 6.08 Å². The Labute approximate surface area is 146 Å². The van der Waals surface area contributed by atoms with Crippen LogP contribution in [0, 0.1) is 18.3 Å². The Morgan fingerprint density at radius 3 is 2.64 bits per heavy atom. The molecule has 126 valence electrons. The molecule has 5 nitrogen and oxygen atoms in total. The van der Waals surface area contributed by atoms with Crippen molar-refractivity contribution in [3.05, 3.63) is 64.7 Å². The third-order valence-corrected chi connectivity index (χ3v) is 4.00. The number of nitriles is 1. The second kappa shape index (κ2) is 7.10. The predicted molar refractivity (Wildman–Crippen MR) is 93.9 cm³/mol. The average Bonchev–Trinajstić information content (AvgIpc) is 3.07. The van der Waals surface area contributed by atoms with Gasteiger partial charge < -0.3 is 14.8 Å². The number of hydrogen-bond acceptors (Lipinski definition) is 4. The Kier molecular flexibility index (Phi) is 4.71. The first-order chi connectivity index (χ1) is 12.1. The van der Waals surface area contributed by atoms with Crippen molar-refractivity contribution in [3.8, 4) is 17.6 Å². The standard InChI is InChI=1S/C20H18N2O3/c1-13-3-6-16(7-4-13)14(2)22-20(23)17(11-21)9-15-5-8-18-19(10-15)25-12-24-18/h3-10,14H,12H2,1-2H3,(H,22,23)/b17-9+/t14-/m1/s1. The first kappa shape index (κ1) is 16.6. The molecule has 0 unspecified atom stereocenters. The lowest BCUT2D eigenvalue weighted by atomic mass is 10.1. The van der Waals surface area contributed by atoms with Crippen LogP contribution in [0.5, 0.6) is 11.5 Å². The first-order valence-electron chi connectivity index (χ1n) is 7.95. The van der Waals surface area contributed by atoms with Gasteiger partial charge in [0.15, 0.2) is 11.5 Å². The van der Waals surface area contributed by atoms with E-state index in [0.29, 0.717) is 17.1 Å². The highest BCUT2D eigenvalue weighted by molar-refractivity contribution is 6.01. The molecule has 25 heavy (non-hydrogen) atoms. The minimum absolute atomic E-state index is 0.0397. The van der Waals surface area contributed by atoms with E-state index in [1.54, 1.807) is 24.3 Å². The van der Waals surface area contributed by atoms with Gasteiger partial charge in [0.05, 0.1) is 6.04 Å². The molecule has 1 aliphatic rings. The van der Waals surface area contributed by atoms with Crippen molar-refractivity contribution in [2.75, 3.05) is 6.79 Å². The van der Waals surface area contributed by atoms with E-state index < -0.39 is 5.91 Å². The number of carbonyl (C=O) groups excluding carboxylic acids is 1. The number of rotatable bonds is 4. The van der Waals surface area contributed by atoms with Gasteiger partial charge in [-0.3, -0.25) is 4.79 Å². The maximum atomic E-state index is 12.4. The van der Waals surface area contributed by atoms with Crippen LogP contribution in [0.2, 0.25) is 0 Å². The summed E-state index contributed by atoms with van der Waals surface area (Å²) < 4.78 is 10.6. The van der Waals surface area contributed by atoms with Crippen molar-refractivity contribution in [3.63, 3.8) is 0 Å². The summed E-state index contributed by atoms with van der Waals surface area (Å²) in [5.41, 5.74) is 2.89. The lowest BCUT2D eigenvalue weighted by Crippen LogP contribution is -2.27. The fourth-order valence-corrected chi connectivity index (χ4v) is 2.53. The van der Waals surface area contributed by atoms with E-state index in [1.807, 2.05) is 44.2 Å². The number of fused-ring (bicyclic) bond motifs is 1. The molecule has 2 aromatic carbocycles. The molecular weight excluding hydrogens is 316 g/mol. The normalized spacial score (nSPS) is 13.9. The van der Waals surface area contributed by atoms with Gasteiger partial charge in [0.1, 0.15) is 11.6 Å². The minimum Gasteiger partial charge on any atom is -0.454 e. The van der Waals surface area contributed by atoms with Crippen molar-refractivity contribution in [2.45, 2.75) is 19.9 Å². The number of aryl methyl sites for hydroxylation is 1. The summed E-state index contributed by atoms with van der Waals surface area (Å²) >= 11 is 0. The van der Waals surface area contributed by atoms with Gasteiger partial charge in [-0.1, -0.05) is 35.9 Å². The smallest absolute Gasteiger partial charge is 0.262 e. The molecule has 1 amide bonds. The highest BCUT2D eigenvalue weighted by Gasteiger charge is 2.16. The van der Waals surface area contributed by atoms with E-state index in [1.165, 1.54) is 0 Å². The van der Waals surface area contributed by atoms with Gasteiger partial charge in [0, 0.05) is 0 Å². The van der Waals surface area contributed by atoms with Crippen LogP contribution in [0.3, 0.4) is 0 Å². The van der Waals surface area contributed by atoms with Gasteiger partial charge in [-0.25, -0.2) is 0 Å². The summed E-state index contributed by atoms with van der Waals surface area (Å²) in [6.07, 6.45) is 1.54. The Hall–Kier alpha value is -3.26. The quantitative estimate of drug-likeness (QED) is 0.686. The highest BCUT2D eigenvalue weighted by Crippen LogP contribution is 2.33. The van der Waals surface area contributed by atoms with E-state index in [4.69, 9.17) is 9.47 Å². The molecule has 3 rings (SSSR count). The third kappa shape index (κ3) is 3.81. The van der Waals surface area contributed by atoms with E-state index in [2.05, 4.69) is 5.32 Å². The fourth-order valence-electron chi connectivity index (χ4n) is 2.53. The van der Waals surface area contributed by atoms with Gasteiger partial charge in [-0.15, -0.1) is 0 Å². The highest BCUT2D eigenvalue weighted by atomic mass is 16.7. The van der Waals surface area contributed by atoms with Crippen molar-refractivity contribution in [2.24, 2.45) is 0 Å². The van der Waals surface area contributed by atoms with Crippen LogP contribution in [0.15, 0.2) is 48.0 Å². The number of amides is 1. The van der Waals surface area contributed by atoms with E-state index in [-0.39, 0.29) is 18.4 Å². The number of carbonyl (C=O) groups is 1. The minimum atomic E-state index is -0.409. The number of nitrogens with zero attached hydrogens (tertiary/aromatic N) is 1. The topological polar surface area (TPSA) is 71.4 Å². The molecule has 2 aromatic rings. The van der Waals surface area contributed by atoms with Gasteiger partial charge in [-0.2, -0.15) is 5.26 Å². The van der Waals surface area contributed by atoms with E-state index in [0.717, 1.165) is 11.1 Å². The molecule has 5 heteroatoms. The zero-order valence-electron chi connectivity index (χ0n) is 14.1. The van der Waals surface area contributed by atoms with Gasteiger partial charge in [0.25, 0.3) is 5.91 Å². The van der Waals surface area contributed by atoms with Gasteiger partial charge in [0.2, 0.25) is 6.79 Å². The molecule has 0 aromatic heterocycles. The molecule has 0 radical (unpaired) electrons. The summed E-state index contributed by atoms with van der Waals surface area (Å²) in [6, 6.07) is 15.0. The summed E-state index contributed by atoms with van der Waals surface area (Å²) in [6.45, 7) is 4.08. The summed E-state index contributed by atoms with van der Waals surface area (Å²) in [5.74, 6) is 0.862. The maximum Gasteiger partial charge on any atom is 0.262 e. The average molecular weight is 334 g/mol. The fraction of sp³-hybridized carbons (Fsp3) is 0.200. The molecule has 1 aliphatic heterocycles. The zero-order chi connectivity index (χ0) is 17.8. The van der Waals surface area contributed by atoms with Crippen LogP contribution in [0.1, 0.15) is 29.7 Å². The number of benzene rings is 2. The molecule has 0 fully saturated rings. The van der Waals surface area contributed by atoms with Crippen LogP contribution in [-0.2, 0) is 4.79 Å². The first-order valence-corrected chi connectivity index (χ1v) is 7.95. The van der Waals surface area contributed by atoms with E-state index in [9.17, 15) is 10.1 Å². The third-order valence-electron chi connectivity index (χ3n) is 4.00. The summed E-state index contributed by atoms with van der Waals surface area (Å²) in [4.78, 5) is 12.4. The van der Waals surface area contributed by atoms with Crippen molar-refractivity contribution in [1.82, 2.24) is 5.32 Å². The second-order valence-corrected chi connectivity index (χ2v) is 5.89. The molecule has 0 bridgehead atoms. The Morgan fingerprint density at radius 2 is 1.92 bits per heavy atom. The molecule has 0 saturated carbocycles. The van der Waals surface area contributed by atoms with Crippen LogP contribution in [0.4, 0.5) is 0 Å². The predicted octanol–water partition coefficient (Wildman–Crippen LogP) is 3.51. The SMILES string of the molecule is Cc1ccc([C@@H](C)NC(=O)/C(C#N)=C/c2ccc3c(c2)OCO3)cc1. The lowest BCUT2D eigenvalue weighted by Gasteiger charge is -2.14. The zero-order valence-corrected chi connectivity index (χ0v) is 14.1. The molecular formula is C20H18N2O3. The van der Waals surface area contributed by atoms with Crippen LogP contribution in [-0.4, -0.2) is 12.7 Å². The molecule has 1 N–H and O–H groups in total. The molecule has 1 heterocycles. The van der Waals surface area contributed by atoms with Crippen molar-refractivity contribution in [1.29, 1.82) is 5.26 Å². The molecule has 0 aliphatic carbocycles. The van der Waals surface area contributed by atoms with Crippen molar-refractivity contribution < 1.29 is 14.3 Å². The van der Waals surface area contributed by atoms with E-state index >= 15 is 0 Å². The Morgan fingerprint density at radius 1 is 1.20 bits per heavy atom. The Bertz CT molecular complexity index is 864. The Balaban J connectivity index is 1.75. The van der Waals surface area contributed by atoms with Gasteiger partial charge >= 0.3 is 0 Å². The second-order valence-electron chi connectivity index (χ2n) is 5.89. The maximum absolute atomic E-state index is 12.4. The number of ether oxygens (including phenoxy) is 2. The summed E-state index contributed by atoms with van der Waals surface area (Å²) in [5, 5.41) is 12.2.